The summed E-state index contributed by atoms with van der Waals surface area (Å²) in [5.74, 6) is 0.863. The van der Waals surface area contributed by atoms with Gasteiger partial charge in [0.05, 0.1) is 0 Å². The number of nitrogens with zero attached hydrogens (tertiary/aromatic N) is 1. The Morgan fingerprint density at radius 2 is 1.83 bits per heavy atom. The molecular weight excluding hydrogens is 476 g/mol. The van der Waals surface area contributed by atoms with Crippen molar-refractivity contribution in [3.8, 4) is 0 Å². The molecular formula is C29H31ClN2O2S. The maximum absolute atomic E-state index is 12.5. The first-order valence-corrected chi connectivity index (χ1v) is 13.8. The maximum atomic E-state index is 12.5. The summed E-state index contributed by atoms with van der Waals surface area (Å²) in [5.41, 5.74) is 2.77. The number of aliphatic carboxylic acids is 1. The van der Waals surface area contributed by atoms with Gasteiger partial charge in [0.1, 0.15) is 5.54 Å². The zero-order valence-corrected chi connectivity index (χ0v) is 21.3. The first-order valence-electron chi connectivity index (χ1n) is 12.4. The first kappa shape index (κ1) is 24.2. The number of halogens is 1. The molecule has 1 saturated carbocycles. The molecule has 0 amide bonds. The van der Waals surface area contributed by atoms with Crippen LogP contribution < -0.4 is 5.32 Å². The van der Waals surface area contributed by atoms with Crippen molar-refractivity contribution < 1.29 is 9.90 Å². The van der Waals surface area contributed by atoms with E-state index in [4.69, 9.17) is 11.6 Å². The Labute approximate surface area is 216 Å². The van der Waals surface area contributed by atoms with Gasteiger partial charge in [-0.15, -0.1) is 11.8 Å². The Bertz CT molecular complexity index is 1180. The number of carboxylic acids is 1. The molecule has 2 aliphatic carbocycles. The van der Waals surface area contributed by atoms with Crippen molar-refractivity contribution in [2.24, 2.45) is 5.92 Å². The molecule has 0 bridgehead atoms. The molecule has 0 saturated heterocycles. The Balaban J connectivity index is 1.32. The zero-order valence-electron chi connectivity index (χ0n) is 19.8. The van der Waals surface area contributed by atoms with E-state index in [1.807, 2.05) is 48.4 Å². The molecule has 0 radical (unpaired) electrons. The first-order chi connectivity index (χ1) is 17.0. The van der Waals surface area contributed by atoms with Crippen molar-refractivity contribution in [3.05, 3.63) is 89.2 Å². The lowest BCUT2D eigenvalue weighted by Crippen LogP contribution is -2.53. The van der Waals surface area contributed by atoms with E-state index in [1.54, 1.807) is 0 Å². The summed E-state index contributed by atoms with van der Waals surface area (Å²) < 4.78 is 0. The summed E-state index contributed by atoms with van der Waals surface area (Å²) in [5, 5.41) is 14.3. The average Bonchev–Trinajstić information content (AvgIpc) is 3.17. The van der Waals surface area contributed by atoms with Gasteiger partial charge < -0.3 is 10.4 Å². The number of rotatable bonds is 8. The molecule has 1 fully saturated rings. The molecule has 182 valence electrons. The van der Waals surface area contributed by atoms with Gasteiger partial charge in [-0.25, -0.2) is 4.79 Å². The van der Waals surface area contributed by atoms with Crippen LogP contribution in [-0.2, 0) is 16.6 Å². The monoisotopic (exact) mass is 506 g/mol. The number of nitrogens with one attached hydrogen (secondary N) is 1. The molecule has 6 heteroatoms. The molecule has 1 atom stereocenters. The van der Waals surface area contributed by atoms with E-state index in [1.165, 1.54) is 16.0 Å². The Morgan fingerprint density at radius 1 is 1.06 bits per heavy atom. The van der Waals surface area contributed by atoms with Gasteiger partial charge in [-0.2, -0.15) is 0 Å². The van der Waals surface area contributed by atoms with E-state index >= 15 is 0 Å². The molecule has 35 heavy (non-hydrogen) atoms. The van der Waals surface area contributed by atoms with Crippen molar-refractivity contribution in [1.82, 2.24) is 4.98 Å². The number of anilines is 1. The molecule has 0 aliphatic heterocycles. The van der Waals surface area contributed by atoms with E-state index in [2.05, 4.69) is 46.7 Å². The Morgan fingerprint density at radius 3 is 2.57 bits per heavy atom. The van der Waals surface area contributed by atoms with Crippen LogP contribution in [0, 0.1) is 5.92 Å². The lowest BCUT2D eigenvalue weighted by molar-refractivity contribution is -0.144. The van der Waals surface area contributed by atoms with Crippen LogP contribution in [0.2, 0.25) is 5.02 Å². The van der Waals surface area contributed by atoms with Gasteiger partial charge in [0.25, 0.3) is 0 Å². The number of fused-ring (bicyclic) bond motifs is 2. The van der Waals surface area contributed by atoms with Gasteiger partial charge in [-0.1, -0.05) is 41.9 Å². The molecule has 4 nitrogen and oxygen atoms in total. The van der Waals surface area contributed by atoms with Crippen LogP contribution in [0.1, 0.15) is 49.7 Å². The minimum atomic E-state index is -0.963. The third kappa shape index (κ3) is 4.94. The van der Waals surface area contributed by atoms with Crippen LogP contribution in [-0.4, -0.2) is 27.4 Å². The van der Waals surface area contributed by atoms with Crippen LogP contribution in [0.5, 0.6) is 0 Å². The summed E-state index contributed by atoms with van der Waals surface area (Å²) in [6.45, 7) is 0. The molecule has 2 N–H and O–H groups in total. The molecule has 1 heterocycles. The number of carboxylic acid groups (broad SMARTS) is 1. The van der Waals surface area contributed by atoms with Crippen molar-refractivity contribution in [2.45, 2.75) is 60.8 Å². The van der Waals surface area contributed by atoms with Gasteiger partial charge >= 0.3 is 5.97 Å². The topological polar surface area (TPSA) is 62.2 Å². The number of aromatic nitrogens is 1. The van der Waals surface area contributed by atoms with E-state index in [9.17, 15) is 9.90 Å². The summed E-state index contributed by atoms with van der Waals surface area (Å²) in [4.78, 5) is 17.9. The largest absolute Gasteiger partial charge is 0.480 e. The molecule has 1 spiro atoms. The van der Waals surface area contributed by atoms with Crippen molar-refractivity contribution in [1.29, 1.82) is 0 Å². The van der Waals surface area contributed by atoms with Gasteiger partial charge in [0.15, 0.2) is 0 Å². The minimum absolute atomic E-state index is 0.0624. The lowest BCUT2D eigenvalue weighted by Gasteiger charge is -2.47. The fourth-order valence-electron chi connectivity index (χ4n) is 6.23. The number of pyridine rings is 1. The second kappa shape index (κ2) is 10.2. The molecule has 1 unspecified atom stereocenters. The van der Waals surface area contributed by atoms with Crippen molar-refractivity contribution in [3.63, 3.8) is 0 Å². The summed E-state index contributed by atoms with van der Waals surface area (Å²) in [6, 6.07) is 20.4. The summed E-state index contributed by atoms with van der Waals surface area (Å²) >= 11 is 8.06. The van der Waals surface area contributed by atoms with E-state index in [0.717, 1.165) is 43.5 Å². The Kier molecular flexibility index (Phi) is 7.08. The highest BCUT2D eigenvalue weighted by Crippen LogP contribution is 2.55. The minimum Gasteiger partial charge on any atom is -0.480 e. The fraction of sp³-hybridized carbons (Fsp3) is 0.379. The second-order valence-corrected chi connectivity index (χ2v) is 11.5. The molecule has 5 rings (SSSR count). The fourth-order valence-corrected chi connectivity index (χ4v) is 7.28. The number of benzene rings is 2. The van der Waals surface area contributed by atoms with E-state index in [-0.39, 0.29) is 5.41 Å². The third-order valence-electron chi connectivity index (χ3n) is 8.03. The van der Waals surface area contributed by atoms with Crippen LogP contribution in [0.15, 0.2) is 78.0 Å². The highest BCUT2D eigenvalue weighted by molar-refractivity contribution is 7.99. The Hall–Kier alpha value is -2.50. The smallest absolute Gasteiger partial charge is 0.329 e. The van der Waals surface area contributed by atoms with Crippen molar-refractivity contribution in [2.75, 3.05) is 11.1 Å². The molecule has 2 aliphatic rings. The van der Waals surface area contributed by atoms with Gasteiger partial charge in [0.2, 0.25) is 0 Å². The molecule has 3 aromatic rings. The SMILES string of the molecule is O=C(O)C1(Nc2cccc(Cl)c2)CCC2(CC1)c1ccccc1CC2CCCSc1ccncc1. The second-order valence-electron chi connectivity index (χ2n) is 9.91. The highest BCUT2D eigenvalue weighted by atomic mass is 35.5. The number of hydrogen-bond donors (Lipinski definition) is 2. The third-order valence-corrected chi connectivity index (χ3v) is 9.36. The number of thioether (sulfide) groups is 1. The van der Waals surface area contributed by atoms with Gasteiger partial charge in [0, 0.05) is 28.0 Å². The average molecular weight is 507 g/mol. The van der Waals surface area contributed by atoms with Crippen LogP contribution in [0.4, 0.5) is 5.69 Å². The van der Waals surface area contributed by atoms with Crippen molar-refractivity contribution >= 4 is 35.0 Å². The van der Waals surface area contributed by atoms with Crippen LogP contribution >= 0.6 is 23.4 Å². The maximum Gasteiger partial charge on any atom is 0.329 e. The van der Waals surface area contributed by atoms with E-state index in [0.29, 0.717) is 23.8 Å². The molecule has 2 aromatic carbocycles. The number of carbonyl (C=O) groups is 1. The van der Waals surface area contributed by atoms with Gasteiger partial charge in [-0.3, -0.25) is 4.98 Å². The molecule has 1 aromatic heterocycles. The summed E-state index contributed by atoms with van der Waals surface area (Å²) in [6.07, 6.45) is 10.1. The summed E-state index contributed by atoms with van der Waals surface area (Å²) in [7, 11) is 0. The highest BCUT2D eigenvalue weighted by Gasteiger charge is 2.53. The quantitative estimate of drug-likeness (QED) is 0.249. The lowest BCUT2D eigenvalue weighted by atomic mass is 9.60. The van der Waals surface area contributed by atoms with Crippen LogP contribution in [0.25, 0.3) is 0 Å². The van der Waals surface area contributed by atoms with Crippen LogP contribution in [0.3, 0.4) is 0 Å². The normalized spacial score (nSPS) is 25.3. The standard InChI is InChI=1S/C29H31ClN2O2S/c30-23-7-3-8-24(20-23)32-29(27(33)34)14-12-28(13-15-29)22(19-21-5-1-2-9-26(21)28)6-4-18-35-25-10-16-31-17-11-25/h1-3,5,7-11,16-17,20,22,32H,4,6,12-15,18-19H2,(H,33,34). The van der Waals surface area contributed by atoms with E-state index < -0.39 is 11.5 Å². The zero-order chi connectivity index (χ0) is 24.3. The predicted molar refractivity (Wildman–Crippen MR) is 143 cm³/mol. The van der Waals surface area contributed by atoms with Gasteiger partial charge in [-0.05, 0) is 103 Å². The number of hydrogen-bond acceptors (Lipinski definition) is 4. The predicted octanol–water partition coefficient (Wildman–Crippen LogP) is 7.23.